The van der Waals surface area contributed by atoms with Crippen LogP contribution in [-0.2, 0) is 53.6 Å². The number of nitrogens with zero attached hydrogens (tertiary/aromatic N) is 2. The molecule has 1 N–H and O–H groups in total. The summed E-state index contributed by atoms with van der Waals surface area (Å²) in [6.45, 7) is 1.42. The molecule has 18 heavy (non-hydrogen) atoms. The Bertz CT molecular complexity index is 449. The Hall–Kier alpha value is -0.846. The molecule has 0 saturated carbocycles. The number of aromatic nitrogens is 2. The van der Waals surface area contributed by atoms with Crippen LogP contribution in [0.25, 0.3) is 5.57 Å². The van der Waals surface area contributed by atoms with Gasteiger partial charge in [-0.05, 0) is 6.92 Å². The van der Waals surface area contributed by atoms with Crippen molar-refractivity contribution in [1.29, 1.82) is 0 Å². The van der Waals surface area contributed by atoms with Gasteiger partial charge in [0.05, 0.1) is 32.8 Å². The van der Waals surface area contributed by atoms with Gasteiger partial charge in [-0.25, -0.2) is 14.8 Å². The van der Waals surface area contributed by atoms with E-state index < -0.39 is 5.97 Å². The molecule has 0 spiro atoms. The summed E-state index contributed by atoms with van der Waals surface area (Å²) in [4.78, 5) is 19.5. The Morgan fingerprint density at radius 3 is 2.61 bits per heavy atom. The molecule has 7 heteroatoms. The standard InChI is InChI=1S/C11H14N2O4.Y/c1-7-10(9(4-14)13-6-12-7)8(5-16-2)11(15)17-3;/h5-6,14H,4H2,1-3H3;/b8-5+;. The zero-order valence-corrected chi connectivity index (χ0v) is 13.3. The number of carbonyl (C=O) groups excluding carboxylic acids is 1. The number of methoxy groups -OCH3 is 2. The van der Waals surface area contributed by atoms with Crippen LogP contribution in [0, 0.1) is 6.92 Å². The molecule has 0 amide bonds. The van der Waals surface area contributed by atoms with Gasteiger partial charge >= 0.3 is 5.97 Å². The Labute approximate surface area is 130 Å². The van der Waals surface area contributed by atoms with Gasteiger partial charge in [0.1, 0.15) is 11.9 Å². The van der Waals surface area contributed by atoms with E-state index in [0.717, 1.165) is 0 Å². The number of aliphatic hydroxyl groups is 1. The predicted octanol–water partition coefficient (Wildman–Crippen LogP) is 0.435. The molecule has 0 bridgehead atoms. The third kappa shape index (κ3) is 3.83. The zero-order valence-electron chi connectivity index (χ0n) is 10.5. The van der Waals surface area contributed by atoms with Gasteiger partial charge in [0, 0.05) is 44.0 Å². The zero-order chi connectivity index (χ0) is 12.8. The molecule has 1 aromatic rings. The number of aliphatic hydroxyl groups excluding tert-OH is 1. The van der Waals surface area contributed by atoms with Crippen molar-refractivity contribution in [1.82, 2.24) is 9.97 Å². The summed E-state index contributed by atoms with van der Waals surface area (Å²) in [5.74, 6) is -0.570. The number of hydrogen-bond acceptors (Lipinski definition) is 6. The smallest absolute Gasteiger partial charge is 0.341 e. The van der Waals surface area contributed by atoms with Gasteiger partial charge in [-0.1, -0.05) is 0 Å². The molecule has 0 fully saturated rings. The van der Waals surface area contributed by atoms with Crippen LogP contribution in [0.2, 0.25) is 0 Å². The van der Waals surface area contributed by atoms with E-state index in [1.807, 2.05) is 0 Å². The Morgan fingerprint density at radius 2 is 2.11 bits per heavy atom. The average molecular weight is 327 g/mol. The monoisotopic (exact) mass is 327 g/mol. The van der Waals surface area contributed by atoms with E-state index in [-0.39, 0.29) is 44.9 Å². The second-order valence-electron chi connectivity index (χ2n) is 3.20. The quantitative estimate of drug-likeness (QED) is 0.491. The van der Waals surface area contributed by atoms with Crippen LogP contribution >= 0.6 is 0 Å². The molecular weight excluding hydrogens is 313 g/mol. The molecule has 0 saturated heterocycles. The summed E-state index contributed by atoms with van der Waals surface area (Å²) >= 11 is 0. The molecule has 0 aliphatic heterocycles. The third-order valence-electron chi connectivity index (χ3n) is 2.18. The molecule has 1 radical (unpaired) electrons. The van der Waals surface area contributed by atoms with Gasteiger partial charge in [-0.3, -0.25) is 0 Å². The SMILES string of the molecule is CO/C=C(/C(=O)OC)c1c(C)ncnc1CO.[Y]. The fraction of sp³-hybridized carbons (Fsp3) is 0.364. The summed E-state index contributed by atoms with van der Waals surface area (Å²) in [5, 5.41) is 9.20. The van der Waals surface area contributed by atoms with Crippen molar-refractivity contribution >= 4 is 11.5 Å². The summed E-state index contributed by atoms with van der Waals surface area (Å²) in [6.07, 6.45) is 2.57. The first-order valence-corrected chi connectivity index (χ1v) is 4.88. The van der Waals surface area contributed by atoms with Gasteiger partial charge in [0.25, 0.3) is 0 Å². The van der Waals surface area contributed by atoms with Gasteiger partial charge in [-0.2, -0.15) is 0 Å². The van der Waals surface area contributed by atoms with Crippen molar-refractivity contribution in [3.8, 4) is 0 Å². The largest absolute Gasteiger partial charge is 0.503 e. The first-order valence-electron chi connectivity index (χ1n) is 4.88. The van der Waals surface area contributed by atoms with Crippen molar-refractivity contribution in [3.63, 3.8) is 0 Å². The van der Waals surface area contributed by atoms with Crippen LogP contribution in [0.1, 0.15) is 17.0 Å². The summed E-state index contributed by atoms with van der Waals surface area (Å²) < 4.78 is 9.49. The molecule has 0 aliphatic rings. The van der Waals surface area contributed by atoms with Crippen molar-refractivity contribution in [2.75, 3.05) is 14.2 Å². The van der Waals surface area contributed by atoms with Crippen LogP contribution in [0.4, 0.5) is 0 Å². The number of esters is 1. The van der Waals surface area contributed by atoms with Crippen LogP contribution in [-0.4, -0.2) is 35.3 Å². The maximum atomic E-state index is 11.6. The molecule has 1 aromatic heterocycles. The minimum atomic E-state index is -0.570. The van der Waals surface area contributed by atoms with Gasteiger partial charge in [0.15, 0.2) is 0 Å². The first-order chi connectivity index (χ1) is 8.15. The van der Waals surface area contributed by atoms with E-state index in [0.29, 0.717) is 17.0 Å². The molecule has 0 unspecified atom stereocenters. The Balaban J connectivity index is 0.00000289. The van der Waals surface area contributed by atoms with Gasteiger partial charge in [0.2, 0.25) is 0 Å². The van der Waals surface area contributed by atoms with Crippen LogP contribution in [0.5, 0.6) is 0 Å². The van der Waals surface area contributed by atoms with E-state index in [4.69, 9.17) is 4.74 Å². The van der Waals surface area contributed by atoms with E-state index in [9.17, 15) is 9.90 Å². The molecule has 1 heterocycles. The van der Waals surface area contributed by atoms with E-state index in [2.05, 4.69) is 14.7 Å². The third-order valence-corrected chi connectivity index (χ3v) is 2.18. The van der Waals surface area contributed by atoms with E-state index in [1.54, 1.807) is 6.92 Å². The number of carbonyl (C=O) groups is 1. The number of ether oxygens (including phenoxy) is 2. The molecule has 95 valence electrons. The summed E-state index contributed by atoms with van der Waals surface area (Å²) in [7, 11) is 2.68. The van der Waals surface area contributed by atoms with Crippen LogP contribution < -0.4 is 0 Å². The normalized spacial score (nSPS) is 10.6. The molecule has 6 nitrogen and oxygen atoms in total. The number of hydrogen-bond donors (Lipinski definition) is 1. The molecular formula is C11H14N2O4Y. The Morgan fingerprint density at radius 1 is 1.44 bits per heavy atom. The number of aryl methyl sites for hydroxylation is 1. The van der Waals surface area contributed by atoms with Crippen LogP contribution in [0.3, 0.4) is 0 Å². The fourth-order valence-electron chi connectivity index (χ4n) is 1.43. The topological polar surface area (TPSA) is 81.5 Å². The Kier molecular flexibility index (Phi) is 7.90. The van der Waals surface area contributed by atoms with E-state index >= 15 is 0 Å². The van der Waals surface area contributed by atoms with Crippen molar-refractivity contribution in [2.45, 2.75) is 13.5 Å². The average Bonchev–Trinajstić information content (AvgIpc) is 2.35. The molecule has 1 rings (SSSR count). The second-order valence-corrected chi connectivity index (χ2v) is 3.20. The van der Waals surface area contributed by atoms with Gasteiger partial charge < -0.3 is 14.6 Å². The second kappa shape index (κ2) is 8.29. The van der Waals surface area contributed by atoms with E-state index in [1.165, 1.54) is 26.8 Å². The van der Waals surface area contributed by atoms with Crippen molar-refractivity contribution in [3.05, 3.63) is 29.5 Å². The van der Waals surface area contributed by atoms with Crippen LogP contribution in [0.15, 0.2) is 12.6 Å². The van der Waals surface area contributed by atoms with Gasteiger partial charge in [-0.15, -0.1) is 0 Å². The summed E-state index contributed by atoms with van der Waals surface area (Å²) in [5.41, 5.74) is 1.53. The summed E-state index contributed by atoms with van der Waals surface area (Å²) in [6, 6.07) is 0. The minimum absolute atomic E-state index is 0. The maximum Gasteiger partial charge on any atom is 0.341 e. The van der Waals surface area contributed by atoms with Crippen molar-refractivity contribution < 1.29 is 52.1 Å². The molecule has 0 aromatic carbocycles. The molecule has 0 atom stereocenters. The molecule has 0 aliphatic carbocycles. The van der Waals surface area contributed by atoms with Crippen molar-refractivity contribution in [2.24, 2.45) is 0 Å². The predicted molar refractivity (Wildman–Crippen MR) is 59.7 cm³/mol. The minimum Gasteiger partial charge on any atom is -0.503 e. The fourth-order valence-corrected chi connectivity index (χ4v) is 1.43. The number of rotatable bonds is 4. The first kappa shape index (κ1) is 17.2. The maximum absolute atomic E-state index is 11.6.